The zero-order chi connectivity index (χ0) is 35.5. The molecular formula is C35H50N4O9. The van der Waals surface area contributed by atoms with Crippen molar-refractivity contribution in [3.05, 3.63) is 58.1 Å². The molecule has 0 aromatic rings. The average molecular weight is 671 g/mol. The smallest absolute Gasteiger partial charge is 0.405 e. The Balaban J connectivity index is 2.15. The number of piperidine rings is 1. The summed E-state index contributed by atoms with van der Waals surface area (Å²) in [6.45, 7) is 8.39. The summed E-state index contributed by atoms with van der Waals surface area (Å²) in [5, 5.41) is 20.3. The van der Waals surface area contributed by atoms with E-state index < -0.39 is 53.9 Å². The number of carbonyl (C=O) groups is 4. The number of aliphatic hydroxyl groups excluding tert-OH is 1. The first kappa shape index (κ1) is 38.4. The molecule has 2 bridgehead atoms. The number of hydrogen-bond acceptors (Lipinski definition) is 11. The largest absolute Gasteiger partial charge is 0.492 e. The van der Waals surface area contributed by atoms with Crippen LogP contribution in [0.15, 0.2) is 63.2 Å². The van der Waals surface area contributed by atoms with Gasteiger partial charge in [-0.2, -0.15) is 5.10 Å². The standard InChI is InChI=1S/C35H50N4O9/c1-20-16-24-30(41)28(25(31(42)33(24)47-7)19-37-39-14-9-8-10-15-39)38-34(43)21(2)12-11-13-26(45-5)32(48-35(36)44)23(4)18-22(3)29(40)27(17-20)46-6/h11-13,18-20,22,26-27,29,32,40H,8-10,14-17H2,1-7H3,(H2,36,44)(H,38,43)/b13-11-,21-12+,23-18+,37-19+. The van der Waals surface area contributed by atoms with E-state index in [2.05, 4.69) is 10.4 Å². The van der Waals surface area contributed by atoms with Crippen LogP contribution in [-0.4, -0.2) is 98.7 Å². The molecule has 6 atom stereocenters. The quantitative estimate of drug-likeness (QED) is 0.216. The molecule has 264 valence electrons. The third-order valence-corrected chi connectivity index (χ3v) is 8.82. The molecule has 13 heteroatoms. The Bertz CT molecular complexity index is 1400. The third-order valence-electron chi connectivity index (χ3n) is 8.82. The Morgan fingerprint density at radius 1 is 1.06 bits per heavy atom. The lowest BCUT2D eigenvalue weighted by molar-refractivity contribution is -0.121. The number of amides is 2. The number of nitrogens with zero attached hydrogens (tertiary/aromatic N) is 2. The van der Waals surface area contributed by atoms with Crippen molar-refractivity contribution >= 4 is 29.8 Å². The number of nitrogens with two attached hydrogens (primary N) is 1. The summed E-state index contributed by atoms with van der Waals surface area (Å²) in [5.74, 6) is -2.58. The van der Waals surface area contributed by atoms with Crippen LogP contribution in [-0.2, 0) is 33.3 Å². The number of hydrazone groups is 1. The van der Waals surface area contributed by atoms with Gasteiger partial charge in [0.05, 0.1) is 31.1 Å². The summed E-state index contributed by atoms with van der Waals surface area (Å²) in [6, 6.07) is 0. The van der Waals surface area contributed by atoms with Gasteiger partial charge in [-0.1, -0.05) is 38.2 Å². The van der Waals surface area contributed by atoms with Gasteiger partial charge in [0.2, 0.25) is 11.6 Å². The highest BCUT2D eigenvalue weighted by Gasteiger charge is 2.38. The lowest BCUT2D eigenvalue weighted by Crippen LogP contribution is -2.38. The van der Waals surface area contributed by atoms with Crippen molar-refractivity contribution in [2.45, 2.75) is 84.2 Å². The molecule has 3 rings (SSSR count). The molecule has 1 saturated heterocycles. The Morgan fingerprint density at radius 3 is 2.35 bits per heavy atom. The fourth-order valence-electron chi connectivity index (χ4n) is 6.12. The topological polar surface area (TPSA) is 179 Å². The predicted molar refractivity (Wildman–Crippen MR) is 179 cm³/mol. The summed E-state index contributed by atoms with van der Waals surface area (Å²) in [4.78, 5) is 53.3. The lowest BCUT2D eigenvalue weighted by Gasteiger charge is -2.30. The summed E-state index contributed by atoms with van der Waals surface area (Å²) >= 11 is 0. The third kappa shape index (κ3) is 9.74. The maximum atomic E-state index is 14.1. The van der Waals surface area contributed by atoms with Crippen molar-refractivity contribution in [2.24, 2.45) is 22.7 Å². The van der Waals surface area contributed by atoms with Crippen LogP contribution in [0.5, 0.6) is 0 Å². The van der Waals surface area contributed by atoms with Crippen LogP contribution < -0.4 is 11.1 Å². The number of allylic oxidation sites excluding steroid dienone is 4. The molecular weight excluding hydrogens is 620 g/mol. The SMILES string of the molecule is COC1=C2CC(C)CC(OC)C(O)C(C)/C=C(\C)C(OC(N)=O)C(OC)/C=C\C=C(/C)C(=O)NC(=C(/C=N/N3CCCCC3)C1=O)C2=O. The predicted octanol–water partition coefficient (Wildman–Crippen LogP) is 3.25. The Morgan fingerprint density at radius 2 is 1.75 bits per heavy atom. The number of ether oxygens (including phenoxy) is 4. The summed E-state index contributed by atoms with van der Waals surface area (Å²) < 4.78 is 22.2. The van der Waals surface area contributed by atoms with Crippen LogP contribution in [0.3, 0.4) is 0 Å². The van der Waals surface area contributed by atoms with Gasteiger partial charge >= 0.3 is 6.09 Å². The van der Waals surface area contributed by atoms with Crippen LogP contribution in [0.25, 0.3) is 0 Å². The Labute approximate surface area is 282 Å². The molecule has 4 N–H and O–H groups in total. The second kappa shape index (κ2) is 17.9. The first-order valence-electron chi connectivity index (χ1n) is 16.3. The maximum absolute atomic E-state index is 14.1. The van der Waals surface area contributed by atoms with Gasteiger partial charge in [-0.15, -0.1) is 0 Å². The number of hydrogen-bond donors (Lipinski definition) is 3. The Hall–Kier alpha value is -4.07. The van der Waals surface area contributed by atoms with E-state index in [0.717, 1.165) is 19.3 Å². The van der Waals surface area contributed by atoms with Crippen LogP contribution in [0.1, 0.15) is 59.8 Å². The molecule has 2 heterocycles. The van der Waals surface area contributed by atoms with E-state index >= 15 is 0 Å². The van der Waals surface area contributed by atoms with Crippen LogP contribution >= 0.6 is 0 Å². The first-order valence-corrected chi connectivity index (χ1v) is 16.3. The van der Waals surface area contributed by atoms with Gasteiger partial charge < -0.3 is 35.1 Å². The van der Waals surface area contributed by atoms with E-state index in [9.17, 15) is 24.3 Å². The minimum atomic E-state index is -1.01. The number of primary amides is 1. The summed E-state index contributed by atoms with van der Waals surface area (Å²) in [7, 11) is 4.25. The molecule has 6 unspecified atom stereocenters. The minimum absolute atomic E-state index is 0.0761. The molecule has 2 amide bonds. The molecule has 1 aliphatic carbocycles. The molecule has 0 aromatic heterocycles. The summed E-state index contributed by atoms with van der Waals surface area (Å²) in [5.41, 5.74) is 6.03. The molecule has 2 aliphatic heterocycles. The lowest BCUT2D eigenvalue weighted by atomic mass is 9.84. The second-order valence-corrected chi connectivity index (χ2v) is 12.5. The average Bonchev–Trinajstić information content (AvgIpc) is 3.06. The van der Waals surface area contributed by atoms with Gasteiger partial charge in [-0.05, 0) is 57.4 Å². The molecule has 1 fully saturated rings. The number of ketones is 2. The second-order valence-electron chi connectivity index (χ2n) is 12.5. The molecule has 13 nitrogen and oxygen atoms in total. The van der Waals surface area contributed by atoms with Gasteiger partial charge in [0.25, 0.3) is 5.91 Å². The van der Waals surface area contributed by atoms with Crippen LogP contribution in [0.2, 0.25) is 0 Å². The zero-order valence-corrected chi connectivity index (χ0v) is 29.0. The van der Waals surface area contributed by atoms with E-state index in [-0.39, 0.29) is 40.5 Å². The number of nitrogens with one attached hydrogen (secondary N) is 1. The van der Waals surface area contributed by atoms with E-state index in [1.54, 1.807) is 39.0 Å². The van der Waals surface area contributed by atoms with Gasteiger partial charge in [0, 0.05) is 44.4 Å². The van der Waals surface area contributed by atoms with Crippen molar-refractivity contribution in [2.75, 3.05) is 34.4 Å². The number of rotatable bonds is 6. The number of aliphatic hydroxyl groups is 1. The molecule has 0 saturated carbocycles. The molecule has 0 spiro atoms. The number of fused-ring (bicyclic) bond motifs is 2. The number of methoxy groups -OCH3 is 3. The fourth-order valence-corrected chi connectivity index (χ4v) is 6.12. The van der Waals surface area contributed by atoms with Crippen molar-refractivity contribution in [1.29, 1.82) is 0 Å². The highest BCUT2D eigenvalue weighted by molar-refractivity contribution is 6.32. The number of carbonyl (C=O) groups excluding carboxylic acids is 4. The minimum Gasteiger partial charge on any atom is -0.492 e. The van der Waals surface area contributed by atoms with E-state index in [1.807, 2.05) is 11.9 Å². The first-order chi connectivity index (χ1) is 22.8. The molecule has 48 heavy (non-hydrogen) atoms. The van der Waals surface area contributed by atoms with E-state index in [1.165, 1.54) is 33.6 Å². The molecule has 3 aliphatic rings. The Kier molecular flexibility index (Phi) is 14.3. The van der Waals surface area contributed by atoms with Gasteiger partial charge in [-0.25, -0.2) is 4.79 Å². The van der Waals surface area contributed by atoms with Gasteiger partial charge in [0.1, 0.15) is 11.8 Å². The maximum Gasteiger partial charge on any atom is 0.405 e. The fraction of sp³-hybridized carbons (Fsp3) is 0.571. The zero-order valence-electron chi connectivity index (χ0n) is 29.0. The van der Waals surface area contributed by atoms with Crippen molar-refractivity contribution < 1.29 is 43.2 Å². The van der Waals surface area contributed by atoms with Gasteiger partial charge in [0.15, 0.2) is 11.9 Å². The number of Topliss-reactive ketones (excluding diaryl/α,β-unsaturated/α-hetero) is 2. The highest BCUT2D eigenvalue weighted by atomic mass is 16.6. The van der Waals surface area contributed by atoms with Crippen LogP contribution in [0, 0.1) is 11.8 Å². The molecule has 0 aromatic carbocycles. The van der Waals surface area contributed by atoms with Crippen molar-refractivity contribution in [3.8, 4) is 0 Å². The van der Waals surface area contributed by atoms with Crippen LogP contribution in [0.4, 0.5) is 4.79 Å². The molecule has 0 radical (unpaired) electrons. The van der Waals surface area contributed by atoms with E-state index in [0.29, 0.717) is 25.1 Å². The monoisotopic (exact) mass is 670 g/mol. The van der Waals surface area contributed by atoms with Crippen molar-refractivity contribution in [1.82, 2.24) is 10.3 Å². The normalized spacial score (nSPS) is 31.6. The van der Waals surface area contributed by atoms with Gasteiger partial charge in [-0.3, -0.25) is 19.4 Å². The van der Waals surface area contributed by atoms with E-state index in [4.69, 9.17) is 24.7 Å². The summed E-state index contributed by atoms with van der Waals surface area (Å²) in [6.07, 6.45) is 6.77. The highest BCUT2D eigenvalue weighted by Crippen LogP contribution is 2.31. The van der Waals surface area contributed by atoms with Crippen molar-refractivity contribution in [3.63, 3.8) is 0 Å².